The number of ether oxygens (including phenoxy) is 1. The van der Waals surface area contributed by atoms with Crippen molar-refractivity contribution in [2.45, 2.75) is 40.3 Å². The fourth-order valence-electron chi connectivity index (χ4n) is 5.64. The lowest BCUT2D eigenvalue weighted by Crippen LogP contribution is -2.47. The summed E-state index contributed by atoms with van der Waals surface area (Å²) >= 11 is 0. The van der Waals surface area contributed by atoms with E-state index >= 15 is 0 Å². The molecule has 0 aliphatic carbocycles. The fraction of sp³-hybridized carbons (Fsp3) is 0.364. The molecule has 4 aromatic rings. The van der Waals surface area contributed by atoms with E-state index in [1.165, 1.54) is 17.2 Å². The van der Waals surface area contributed by atoms with Crippen molar-refractivity contribution in [3.8, 4) is 17.2 Å². The molecular weight excluding hydrogens is 564 g/mol. The highest BCUT2D eigenvalue weighted by molar-refractivity contribution is 6.20. The Morgan fingerprint density at radius 3 is 2.41 bits per heavy atom. The number of anilines is 2. The molecule has 2 aromatic heterocycles. The van der Waals surface area contributed by atoms with Gasteiger partial charge in [-0.2, -0.15) is 0 Å². The van der Waals surface area contributed by atoms with Gasteiger partial charge in [-0.15, -0.1) is 0 Å². The minimum atomic E-state index is -1.19. The van der Waals surface area contributed by atoms with Crippen LogP contribution in [0.15, 0.2) is 70.2 Å². The summed E-state index contributed by atoms with van der Waals surface area (Å²) in [5.41, 5.74) is 0.925. The maximum absolute atomic E-state index is 13.2. The van der Waals surface area contributed by atoms with Gasteiger partial charge in [0.25, 0.3) is 5.56 Å². The zero-order valence-corrected chi connectivity index (χ0v) is 25.4. The molecule has 0 unspecified atom stereocenters. The lowest BCUT2D eigenvalue weighted by Gasteiger charge is -2.27. The molecule has 2 amide bonds. The number of carbonyl (C=O) groups excluding carboxylic acids is 2. The van der Waals surface area contributed by atoms with Gasteiger partial charge in [-0.1, -0.05) is 0 Å². The van der Waals surface area contributed by atoms with Crippen molar-refractivity contribution < 1.29 is 29.0 Å². The number of phenols is 2. The van der Waals surface area contributed by atoms with Crippen molar-refractivity contribution in [1.29, 1.82) is 0 Å². The number of fused-ring (bicyclic) bond motifs is 2. The largest absolute Gasteiger partial charge is 0.508 e. The van der Waals surface area contributed by atoms with Crippen molar-refractivity contribution in [2.75, 3.05) is 43.1 Å². The predicted molar refractivity (Wildman–Crippen MR) is 167 cm³/mol. The maximum atomic E-state index is 13.2. The SMILES string of the molecule is CCN1C(=O)C(C)(C)C(=O)N(C)c2cc(OCCCN(CCn3ccc4ccoc4c3=O)Cc3cc(O)cc(O)c3)ccc21. The Hall–Kier alpha value is -4.77. The number of pyridine rings is 1. The van der Waals surface area contributed by atoms with Gasteiger partial charge in [0.1, 0.15) is 22.7 Å². The van der Waals surface area contributed by atoms with Crippen LogP contribution in [0.25, 0.3) is 11.0 Å². The van der Waals surface area contributed by atoms with Crippen LogP contribution in [0.5, 0.6) is 17.2 Å². The lowest BCUT2D eigenvalue weighted by atomic mass is 9.90. The Morgan fingerprint density at radius 1 is 0.932 bits per heavy atom. The van der Waals surface area contributed by atoms with Crippen LogP contribution in [-0.4, -0.2) is 64.8 Å². The molecule has 0 bridgehead atoms. The highest BCUT2D eigenvalue weighted by atomic mass is 16.5. The van der Waals surface area contributed by atoms with Crippen molar-refractivity contribution in [3.63, 3.8) is 0 Å². The summed E-state index contributed by atoms with van der Waals surface area (Å²) in [4.78, 5) is 44.4. The second-order valence-corrected chi connectivity index (χ2v) is 11.5. The first kappa shape index (κ1) is 30.7. The average molecular weight is 603 g/mol. The summed E-state index contributed by atoms with van der Waals surface area (Å²) in [7, 11) is 1.67. The molecule has 3 heterocycles. The van der Waals surface area contributed by atoms with Gasteiger partial charge in [-0.3, -0.25) is 19.3 Å². The van der Waals surface area contributed by atoms with Gasteiger partial charge >= 0.3 is 0 Å². The van der Waals surface area contributed by atoms with Gasteiger partial charge in [-0.25, -0.2) is 0 Å². The van der Waals surface area contributed by atoms with Crippen LogP contribution in [0.4, 0.5) is 11.4 Å². The summed E-state index contributed by atoms with van der Waals surface area (Å²) < 4.78 is 13.1. The van der Waals surface area contributed by atoms with Crippen LogP contribution in [0.3, 0.4) is 0 Å². The third kappa shape index (κ3) is 6.14. The Labute approximate surface area is 255 Å². The monoisotopic (exact) mass is 602 g/mol. The van der Waals surface area contributed by atoms with E-state index in [0.29, 0.717) is 68.5 Å². The zero-order chi connectivity index (χ0) is 31.6. The third-order valence-electron chi connectivity index (χ3n) is 8.03. The standard InChI is InChI=1S/C33H38N4O7/c1-5-37-27-8-7-26(20-28(27)34(4)31(41)33(2,3)32(37)42)43-15-6-11-35(21-22-17-24(38)19-25(39)18-22)13-14-36-12-9-23-10-16-44-29(23)30(36)40/h7-10,12,16-20,38-39H,5-6,11,13-15,21H2,1-4H3. The maximum Gasteiger partial charge on any atom is 0.294 e. The minimum Gasteiger partial charge on any atom is -0.508 e. The number of nitrogens with zero attached hydrogens (tertiary/aromatic N) is 4. The molecule has 0 saturated heterocycles. The predicted octanol–water partition coefficient (Wildman–Crippen LogP) is 4.33. The summed E-state index contributed by atoms with van der Waals surface area (Å²) in [6, 6.07) is 13.5. The Balaban J connectivity index is 1.27. The van der Waals surface area contributed by atoms with Crippen LogP contribution in [-0.2, 0) is 22.7 Å². The Bertz CT molecular complexity index is 1720. The Morgan fingerprint density at radius 2 is 1.68 bits per heavy atom. The molecule has 0 atom stereocenters. The normalized spacial score (nSPS) is 14.8. The molecule has 11 heteroatoms. The van der Waals surface area contributed by atoms with Crippen molar-refractivity contribution in [1.82, 2.24) is 9.47 Å². The number of carbonyl (C=O) groups is 2. The molecule has 0 radical (unpaired) electrons. The van der Waals surface area contributed by atoms with Crippen LogP contribution in [0.2, 0.25) is 0 Å². The van der Waals surface area contributed by atoms with E-state index < -0.39 is 5.41 Å². The summed E-state index contributed by atoms with van der Waals surface area (Å²) in [5, 5.41) is 20.7. The molecule has 5 rings (SSSR count). The topological polar surface area (TPSA) is 129 Å². The number of aromatic nitrogens is 1. The molecule has 11 nitrogen and oxygen atoms in total. The second kappa shape index (κ2) is 12.5. The molecule has 1 aliphatic heterocycles. The number of rotatable bonds is 11. The van der Waals surface area contributed by atoms with E-state index in [9.17, 15) is 24.6 Å². The highest BCUT2D eigenvalue weighted by Crippen LogP contribution is 2.40. The molecule has 44 heavy (non-hydrogen) atoms. The van der Waals surface area contributed by atoms with Crippen LogP contribution >= 0.6 is 0 Å². The summed E-state index contributed by atoms with van der Waals surface area (Å²) in [5.74, 6) is 0.00298. The molecule has 2 N–H and O–H groups in total. The van der Waals surface area contributed by atoms with Gasteiger partial charge in [0.15, 0.2) is 5.58 Å². The third-order valence-corrected chi connectivity index (χ3v) is 8.03. The van der Waals surface area contributed by atoms with E-state index in [1.807, 2.05) is 19.1 Å². The number of benzene rings is 2. The van der Waals surface area contributed by atoms with Crippen LogP contribution < -0.4 is 20.1 Å². The van der Waals surface area contributed by atoms with E-state index in [1.54, 1.807) is 66.9 Å². The number of aromatic hydroxyl groups is 2. The van der Waals surface area contributed by atoms with E-state index in [2.05, 4.69) is 4.90 Å². The summed E-state index contributed by atoms with van der Waals surface area (Å²) in [6.07, 6.45) is 3.88. The second-order valence-electron chi connectivity index (χ2n) is 11.5. The van der Waals surface area contributed by atoms with Crippen LogP contribution in [0, 0.1) is 5.41 Å². The number of phenolic OH excluding ortho intramolecular Hbond substituents is 2. The molecule has 0 saturated carbocycles. The quantitative estimate of drug-likeness (QED) is 0.192. The zero-order valence-electron chi connectivity index (χ0n) is 25.4. The van der Waals surface area contributed by atoms with E-state index in [4.69, 9.17) is 9.15 Å². The molecule has 1 aliphatic rings. The smallest absolute Gasteiger partial charge is 0.294 e. The van der Waals surface area contributed by atoms with Crippen molar-refractivity contribution >= 4 is 34.2 Å². The number of hydrogen-bond acceptors (Lipinski definition) is 8. The molecule has 2 aromatic carbocycles. The van der Waals surface area contributed by atoms with E-state index in [0.717, 1.165) is 10.9 Å². The van der Waals surface area contributed by atoms with Gasteiger partial charge in [0, 0.05) is 63.5 Å². The average Bonchev–Trinajstić information content (AvgIpc) is 3.46. The van der Waals surface area contributed by atoms with Gasteiger partial charge in [0.05, 0.1) is 24.2 Å². The Kier molecular flexibility index (Phi) is 8.68. The number of furan rings is 1. The lowest BCUT2D eigenvalue weighted by molar-refractivity contribution is -0.137. The van der Waals surface area contributed by atoms with Crippen molar-refractivity contribution in [3.05, 3.63) is 76.9 Å². The highest BCUT2D eigenvalue weighted by Gasteiger charge is 2.45. The fourth-order valence-corrected chi connectivity index (χ4v) is 5.64. The number of hydrogen-bond donors (Lipinski definition) is 2. The first-order valence-corrected chi connectivity index (χ1v) is 14.7. The van der Waals surface area contributed by atoms with Gasteiger partial charge < -0.3 is 33.7 Å². The first-order chi connectivity index (χ1) is 21.0. The molecular formula is C33H38N4O7. The summed E-state index contributed by atoms with van der Waals surface area (Å²) in [6.45, 7) is 7.95. The van der Waals surface area contributed by atoms with Gasteiger partial charge in [-0.05, 0) is 69.2 Å². The van der Waals surface area contributed by atoms with Gasteiger partial charge in [0.2, 0.25) is 11.8 Å². The molecule has 0 spiro atoms. The van der Waals surface area contributed by atoms with Crippen LogP contribution in [0.1, 0.15) is 32.8 Å². The minimum absolute atomic E-state index is 0.0267. The first-order valence-electron chi connectivity index (χ1n) is 14.7. The molecule has 0 fully saturated rings. The molecule has 232 valence electrons. The van der Waals surface area contributed by atoms with E-state index in [-0.39, 0.29) is 28.9 Å². The van der Waals surface area contributed by atoms with Crippen molar-refractivity contribution in [2.24, 2.45) is 5.41 Å². The number of amides is 2.